The standard InChI is InChI=1S/C14H14N2OS/c1-10-9-13(16-7-8-18-14(16)15-10)11-3-5-12(17-2)6-4-11/h3-9,13H,1-2H3. The van der Waals surface area contributed by atoms with E-state index >= 15 is 0 Å². The highest BCUT2D eigenvalue weighted by Crippen LogP contribution is 2.36. The summed E-state index contributed by atoms with van der Waals surface area (Å²) < 4.78 is 5.19. The zero-order chi connectivity index (χ0) is 12.5. The van der Waals surface area contributed by atoms with Crippen molar-refractivity contribution >= 4 is 16.9 Å². The Kier molecular flexibility index (Phi) is 2.88. The highest BCUT2D eigenvalue weighted by molar-refractivity contribution is 8.16. The summed E-state index contributed by atoms with van der Waals surface area (Å²) >= 11 is 1.67. The van der Waals surface area contributed by atoms with E-state index in [1.165, 1.54) is 5.56 Å². The molecular weight excluding hydrogens is 244 g/mol. The molecule has 1 aromatic carbocycles. The first-order chi connectivity index (χ1) is 8.78. The molecule has 4 heteroatoms. The summed E-state index contributed by atoms with van der Waals surface area (Å²) in [5.74, 6) is 0.885. The molecule has 0 radical (unpaired) electrons. The van der Waals surface area contributed by atoms with Crippen molar-refractivity contribution < 1.29 is 4.74 Å². The molecule has 2 aliphatic rings. The zero-order valence-electron chi connectivity index (χ0n) is 10.3. The highest BCUT2D eigenvalue weighted by atomic mass is 32.2. The smallest absolute Gasteiger partial charge is 0.173 e. The Labute approximate surface area is 111 Å². The second kappa shape index (κ2) is 4.53. The lowest BCUT2D eigenvalue weighted by Gasteiger charge is -2.29. The predicted molar refractivity (Wildman–Crippen MR) is 75.5 cm³/mol. The molecular formula is C14H14N2OS. The summed E-state index contributed by atoms with van der Waals surface area (Å²) in [6.07, 6.45) is 4.27. The molecule has 0 amide bonds. The van der Waals surface area contributed by atoms with Crippen molar-refractivity contribution in [2.75, 3.05) is 7.11 Å². The molecule has 0 aromatic heterocycles. The molecule has 1 aromatic rings. The first-order valence-electron chi connectivity index (χ1n) is 5.80. The number of aliphatic imine (C=N–C) groups is 1. The summed E-state index contributed by atoms with van der Waals surface area (Å²) in [4.78, 5) is 6.73. The van der Waals surface area contributed by atoms with Gasteiger partial charge < -0.3 is 9.64 Å². The number of allylic oxidation sites excluding steroid dienone is 1. The van der Waals surface area contributed by atoms with Crippen LogP contribution in [0.2, 0.25) is 0 Å². The molecule has 0 aliphatic carbocycles. The fraction of sp³-hybridized carbons (Fsp3) is 0.214. The Hall–Kier alpha value is -1.68. The van der Waals surface area contributed by atoms with Crippen LogP contribution in [0.3, 0.4) is 0 Å². The molecule has 0 saturated carbocycles. The molecule has 1 unspecified atom stereocenters. The number of fused-ring (bicyclic) bond motifs is 1. The first-order valence-corrected chi connectivity index (χ1v) is 6.68. The van der Waals surface area contributed by atoms with Crippen molar-refractivity contribution in [1.82, 2.24) is 4.90 Å². The van der Waals surface area contributed by atoms with E-state index in [4.69, 9.17) is 4.74 Å². The van der Waals surface area contributed by atoms with Crippen LogP contribution in [0.15, 0.2) is 52.6 Å². The molecule has 3 nitrogen and oxygen atoms in total. The van der Waals surface area contributed by atoms with Gasteiger partial charge in [-0.25, -0.2) is 4.99 Å². The third-order valence-electron chi connectivity index (χ3n) is 3.04. The molecule has 2 heterocycles. The SMILES string of the molecule is COc1ccc(C2C=C(C)N=C3SC=CN32)cc1. The summed E-state index contributed by atoms with van der Waals surface area (Å²) in [7, 11) is 1.68. The Morgan fingerprint density at radius 2 is 2.06 bits per heavy atom. The van der Waals surface area contributed by atoms with Gasteiger partial charge in [-0.3, -0.25) is 0 Å². The maximum Gasteiger partial charge on any atom is 0.173 e. The van der Waals surface area contributed by atoms with Crippen molar-refractivity contribution in [3.05, 3.63) is 53.2 Å². The fourth-order valence-electron chi connectivity index (χ4n) is 2.13. The second-order valence-electron chi connectivity index (χ2n) is 4.23. The molecule has 2 aliphatic heterocycles. The monoisotopic (exact) mass is 258 g/mol. The molecule has 0 N–H and O–H groups in total. The van der Waals surface area contributed by atoms with Gasteiger partial charge in [0.1, 0.15) is 5.75 Å². The third-order valence-corrected chi connectivity index (χ3v) is 3.81. The molecule has 92 valence electrons. The Balaban J connectivity index is 1.95. The van der Waals surface area contributed by atoms with Crippen LogP contribution in [0.4, 0.5) is 0 Å². The van der Waals surface area contributed by atoms with Crippen molar-refractivity contribution in [2.24, 2.45) is 4.99 Å². The largest absolute Gasteiger partial charge is 0.497 e. The van der Waals surface area contributed by atoms with Crippen LogP contribution in [0, 0.1) is 0 Å². The summed E-state index contributed by atoms with van der Waals surface area (Å²) in [6, 6.07) is 8.43. The van der Waals surface area contributed by atoms with Crippen molar-refractivity contribution in [3.63, 3.8) is 0 Å². The van der Waals surface area contributed by atoms with Crippen LogP contribution in [-0.4, -0.2) is 17.2 Å². The van der Waals surface area contributed by atoms with E-state index < -0.39 is 0 Å². The van der Waals surface area contributed by atoms with Crippen LogP contribution in [0.5, 0.6) is 5.75 Å². The van der Waals surface area contributed by atoms with E-state index in [0.717, 1.165) is 16.6 Å². The second-order valence-corrected chi connectivity index (χ2v) is 5.10. The van der Waals surface area contributed by atoms with Gasteiger partial charge in [0.2, 0.25) is 0 Å². The maximum absolute atomic E-state index is 5.19. The number of amidine groups is 1. The van der Waals surface area contributed by atoms with Gasteiger partial charge in [-0.1, -0.05) is 23.9 Å². The number of hydrogen-bond donors (Lipinski definition) is 0. The lowest BCUT2D eigenvalue weighted by Crippen LogP contribution is -2.27. The molecule has 1 atom stereocenters. The van der Waals surface area contributed by atoms with Crippen LogP contribution in [0.1, 0.15) is 18.5 Å². The Morgan fingerprint density at radius 1 is 1.28 bits per heavy atom. The first kappa shape index (κ1) is 11.4. The van der Waals surface area contributed by atoms with E-state index in [0.29, 0.717) is 0 Å². The lowest BCUT2D eigenvalue weighted by atomic mass is 10.0. The van der Waals surface area contributed by atoms with Gasteiger partial charge in [-0.05, 0) is 36.1 Å². The Bertz CT molecular complexity index is 545. The zero-order valence-corrected chi connectivity index (χ0v) is 11.1. The number of nitrogens with zero attached hydrogens (tertiary/aromatic N) is 2. The van der Waals surface area contributed by atoms with E-state index in [9.17, 15) is 0 Å². The molecule has 3 rings (SSSR count). The summed E-state index contributed by atoms with van der Waals surface area (Å²) in [5, 5.41) is 3.12. The van der Waals surface area contributed by atoms with Gasteiger partial charge in [0, 0.05) is 11.9 Å². The van der Waals surface area contributed by atoms with Crippen LogP contribution < -0.4 is 4.74 Å². The van der Waals surface area contributed by atoms with Gasteiger partial charge in [-0.15, -0.1) is 0 Å². The van der Waals surface area contributed by atoms with Crippen molar-refractivity contribution in [3.8, 4) is 5.75 Å². The van der Waals surface area contributed by atoms with E-state index in [1.807, 2.05) is 19.1 Å². The molecule has 0 saturated heterocycles. The quantitative estimate of drug-likeness (QED) is 0.811. The minimum Gasteiger partial charge on any atom is -0.497 e. The van der Waals surface area contributed by atoms with E-state index in [1.54, 1.807) is 18.9 Å². The maximum atomic E-state index is 5.19. The van der Waals surface area contributed by atoms with Crippen molar-refractivity contribution in [2.45, 2.75) is 13.0 Å². The van der Waals surface area contributed by atoms with Crippen LogP contribution in [0.25, 0.3) is 0 Å². The number of thioether (sulfide) groups is 1. The number of methoxy groups -OCH3 is 1. The number of rotatable bonds is 2. The van der Waals surface area contributed by atoms with Gasteiger partial charge in [-0.2, -0.15) is 0 Å². The molecule has 0 fully saturated rings. The average molecular weight is 258 g/mol. The van der Waals surface area contributed by atoms with E-state index in [-0.39, 0.29) is 6.04 Å². The highest BCUT2D eigenvalue weighted by Gasteiger charge is 2.26. The lowest BCUT2D eigenvalue weighted by molar-refractivity contribution is 0.414. The number of ether oxygens (including phenoxy) is 1. The molecule has 0 spiro atoms. The Morgan fingerprint density at radius 3 is 2.78 bits per heavy atom. The van der Waals surface area contributed by atoms with E-state index in [2.05, 4.69) is 39.7 Å². The minimum absolute atomic E-state index is 0.231. The minimum atomic E-state index is 0.231. The van der Waals surface area contributed by atoms with Crippen LogP contribution in [-0.2, 0) is 0 Å². The van der Waals surface area contributed by atoms with Gasteiger partial charge in [0.15, 0.2) is 5.17 Å². The normalized spacial score (nSPS) is 21.4. The average Bonchev–Trinajstić information content (AvgIpc) is 2.86. The van der Waals surface area contributed by atoms with Gasteiger partial charge in [0.25, 0.3) is 0 Å². The summed E-state index contributed by atoms with van der Waals surface area (Å²) in [6.45, 7) is 2.04. The predicted octanol–water partition coefficient (Wildman–Crippen LogP) is 3.53. The van der Waals surface area contributed by atoms with Gasteiger partial charge in [0.05, 0.1) is 13.2 Å². The molecule has 18 heavy (non-hydrogen) atoms. The van der Waals surface area contributed by atoms with Gasteiger partial charge >= 0.3 is 0 Å². The third kappa shape index (κ3) is 1.93. The summed E-state index contributed by atoms with van der Waals surface area (Å²) in [5.41, 5.74) is 2.31. The fourth-order valence-corrected chi connectivity index (χ4v) is 2.94. The topological polar surface area (TPSA) is 24.8 Å². The number of hydrogen-bond acceptors (Lipinski definition) is 4. The molecule has 0 bridgehead atoms. The van der Waals surface area contributed by atoms with Crippen molar-refractivity contribution in [1.29, 1.82) is 0 Å². The van der Waals surface area contributed by atoms with Crippen LogP contribution >= 0.6 is 11.8 Å². The number of benzene rings is 1.